The molecule has 7 heteroatoms. The topological polar surface area (TPSA) is 52.6 Å². The summed E-state index contributed by atoms with van der Waals surface area (Å²) in [4.78, 5) is 14.1. The molecule has 1 saturated heterocycles. The van der Waals surface area contributed by atoms with Gasteiger partial charge < -0.3 is 10.4 Å². The van der Waals surface area contributed by atoms with Crippen LogP contribution in [-0.2, 0) is 11.0 Å². The summed E-state index contributed by atoms with van der Waals surface area (Å²) in [7, 11) is 0. The molecule has 2 rings (SSSR count). The monoisotopic (exact) mass is 316 g/mol. The van der Waals surface area contributed by atoms with Gasteiger partial charge in [-0.3, -0.25) is 9.69 Å². The number of aliphatic hydroxyl groups is 1. The highest BCUT2D eigenvalue weighted by molar-refractivity contribution is 5.94. The first kappa shape index (κ1) is 16.8. The van der Waals surface area contributed by atoms with Crippen molar-refractivity contribution in [2.45, 2.75) is 38.1 Å². The predicted molar refractivity (Wildman–Crippen MR) is 76.3 cm³/mol. The lowest BCUT2D eigenvalue weighted by Crippen LogP contribution is -2.47. The van der Waals surface area contributed by atoms with Gasteiger partial charge in [0.2, 0.25) is 5.91 Å². The number of carbonyl (C=O) groups excluding carboxylic acids is 1. The zero-order valence-corrected chi connectivity index (χ0v) is 12.2. The molecule has 1 aliphatic rings. The van der Waals surface area contributed by atoms with Crippen LogP contribution in [0.5, 0.6) is 0 Å². The highest BCUT2D eigenvalue weighted by Crippen LogP contribution is 2.29. The number of hydrogen-bond acceptors (Lipinski definition) is 3. The number of halogens is 3. The number of benzene rings is 1. The Balaban J connectivity index is 1.94. The van der Waals surface area contributed by atoms with Crippen molar-refractivity contribution in [1.82, 2.24) is 4.90 Å². The number of piperidine rings is 1. The molecule has 1 fully saturated rings. The van der Waals surface area contributed by atoms with Crippen LogP contribution >= 0.6 is 0 Å². The van der Waals surface area contributed by atoms with E-state index in [1.54, 1.807) is 6.92 Å². The molecule has 1 aliphatic heterocycles. The van der Waals surface area contributed by atoms with E-state index >= 15 is 0 Å². The standard InChI is InChI=1S/C15H19F3N2O2/c1-10(20-8-6-13(21)7-9-20)14(22)19-12-4-2-11(3-5-12)15(16,17)18/h2-5,10,13,21H,6-9H2,1H3,(H,19,22). The Hall–Kier alpha value is -1.60. The molecule has 1 heterocycles. The van der Waals surface area contributed by atoms with Gasteiger partial charge in [0.05, 0.1) is 17.7 Å². The van der Waals surface area contributed by atoms with Crippen LogP contribution in [0.2, 0.25) is 0 Å². The quantitative estimate of drug-likeness (QED) is 0.901. The maximum atomic E-state index is 12.5. The number of alkyl halides is 3. The van der Waals surface area contributed by atoms with Crippen molar-refractivity contribution in [2.24, 2.45) is 0 Å². The third kappa shape index (κ3) is 4.20. The minimum absolute atomic E-state index is 0.267. The molecule has 1 amide bonds. The summed E-state index contributed by atoms with van der Waals surface area (Å²) in [6.07, 6.45) is -3.46. The van der Waals surface area contributed by atoms with E-state index in [2.05, 4.69) is 5.32 Å². The minimum atomic E-state index is -4.38. The van der Waals surface area contributed by atoms with Crippen molar-refractivity contribution < 1.29 is 23.1 Å². The van der Waals surface area contributed by atoms with Gasteiger partial charge in [-0.1, -0.05) is 0 Å². The SMILES string of the molecule is CC(C(=O)Nc1ccc(C(F)(F)F)cc1)N1CCC(O)CC1. The molecule has 1 aromatic carbocycles. The lowest BCUT2D eigenvalue weighted by atomic mass is 10.1. The smallest absolute Gasteiger partial charge is 0.393 e. The van der Waals surface area contributed by atoms with Crippen molar-refractivity contribution in [3.05, 3.63) is 29.8 Å². The molecular formula is C15H19F3N2O2. The van der Waals surface area contributed by atoms with Crippen molar-refractivity contribution >= 4 is 11.6 Å². The molecule has 122 valence electrons. The Labute approximate surface area is 126 Å². The van der Waals surface area contributed by atoms with Crippen LogP contribution in [-0.4, -0.2) is 41.1 Å². The molecule has 0 saturated carbocycles. The normalized spacial score (nSPS) is 19.0. The molecule has 0 bridgehead atoms. The molecule has 0 aliphatic carbocycles. The first-order valence-corrected chi connectivity index (χ1v) is 7.17. The fourth-order valence-corrected chi connectivity index (χ4v) is 2.43. The molecule has 1 aromatic rings. The van der Waals surface area contributed by atoms with Gasteiger partial charge >= 0.3 is 6.18 Å². The second-order valence-electron chi connectivity index (χ2n) is 5.51. The molecule has 22 heavy (non-hydrogen) atoms. The van der Waals surface area contributed by atoms with Gasteiger partial charge in [-0.25, -0.2) is 0 Å². The fourth-order valence-electron chi connectivity index (χ4n) is 2.43. The summed E-state index contributed by atoms with van der Waals surface area (Å²) in [6, 6.07) is 3.98. The Kier molecular flexibility index (Phi) is 5.08. The van der Waals surface area contributed by atoms with Gasteiger partial charge in [0.15, 0.2) is 0 Å². The van der Waals surface area contributed by atoms with Crippen LogP contribution in [0, 0.1) is 0 Å². The Morgan fingerprint density at radius 3 is 2.32 bits per heavy atom. The average Bonchev–Trinajstić information content (AvgIpc) is 2.47. The summed E-state index contributed by atoms with van der Waals surface area (Å²) in [5.74, 6) is -0.267. The third-order valence-electron chi connectivity index (χ3n) is 3.91. The highest BCUT2D eigenvalue weighted by Gasteiger charge is 2.30. The van der Waals surface area contributed by atoms with Gasteiger partial charge in [0, 0.05) is 18.8 Å². The van der Waals surface area contributed by atoms with E-state index < -0.39 is 17.8 Å². The van der Waals surface area contributed by atoms with Gasteiger partial charge in [-0.2, -0.15) is 13.2 Å². The molecule has 2 N–H and O–H groups in total. The first-order chi connectivity index (χ1) is 10.3. The Morgan fingerprint density at radius 2 is 1.82 bits per heavy atom. The highest BCUT2D eigenvalue weighted by atomic mass is 19.4. The van der Waals surface area contributed by atoms with Crippen LogP contribution in [0.3, 0.4) is 0 Å². The second-order valence-corrected chi connectivity index (χ2v) is 5.51. The average molecular weight is 316 g/mol. The summed E-state index contributed by atoms with van der Waals surface area (Å²) in [6.45, 7) is 3.00. The van der Waals surface area contributed by atoms with E-state index in [0.717, 1.165) is 12.1 Å². The lowest BCUT2D eigenvalue weighted by Gasteiger charge is -2.33. The van der Waals surface area contributed by atoms with Gasteiger partial charge in [0.25, 0.3) is 0 Å². The maximum absolute atomic E-state index is 12.5. The molecule has 1 atom stereocenters. The first-order valence-electron chi connectivity index (χ1n) is 7.17. The zero-order valence-electron chi connectivity index (χ0n) is 12.2. The van der Waals surface area contributed by atoms with Crippen LogP contribution in [0.4, 0.5) is 18.9 Å². The molecule has 0 radical (unpaired) electrons. The van der Waals surface area contributed by atoms with Crippen molar-refractivity contribution in [3.8, 4) is 0 Å². The van der Waals surface area contributed by atoms with Gasteiger partial charge in [0.1, 0.15) is 0 Å². The number of carbonyl (C=O) groups is 1. The maximum Gasteiger partial charge on any atom is 0.416 e. The fraction of sp³-hybridized carbons (Fsp3) is 0.533. The number of anilines is 1. The number of rotatable bonds is 3. The minimum Gasteiger partial charge on any atom is -0.393 e. The summed E-state index contributed by atoms with van der Waals surface area (Å²) in [5, 5.41) is 12.1. The van der Waals surface area contributed by atoms with Gasteiger partial charge in [-0.05, 0) is 44.0 Å². The predicted octanol–water partition coefficient (Wildman–Crippen LogP) is 2.49. The van der Waals surface area contributed by atoms with E-state index in [1.807, 2.05) is 4.90 Å². The lowest BCUT2D eigenvalue weighted by molar-refractivity contribution is -0.137. The van der Waals surface area contributed by atoms with Crippen LogP contribution < -0.4 is 5.32 Å². The van der Waals surface area contributed by atoms with Crippen molar-refractivity contribution in [3.63, 3.8) is 0 Å². The van der Waals surface area contributed by atoms with Crippen LogP contribution in [0.1, 0.15) is 25.3 Å². The molecule has 1 unspecified atom stereocenters. The second kappa shape index (κ2) is 6.66. The van der Waals surface area contributed by atoms with Gasteiger partial charge in [-0.15, -0.1) is 0 Å². The summed E-state index contributed by atoms with van der Waals surface area (Å²) >= 11 is 0. The number of nitrogens with zero attached hydrogens (tertiary/aromatic N) is 1. The Morgan fingerprint density at radius 1 is 1.27 bits per heavy atom. The molecule has 4 nitrogen and oxygen atoms in total. The molecule has 0 aromatic heterocycles. The summed E-state index contributed by atoms with van der Waals surface area (Å²) in [5.41, 5.74) is -0.412. The zero-order chi connectivity index (χ0) is 16.3. The van der Waals surface area contributed by atoms with Crippen LogP contribution in [0.15, 0.2) is 24.3 Å². The van der Waals surface area contributed by atoms with Crippen molar-refractivity contribution in [1.29, 1.82) is 0 Å². The van der Waals surface area contributed by atoms with E-state index in [4.69, 9.17) is 0 Å². The molecule has 0 spiro atoms. The third-order valence-corrected chi connectivity index (χ3v) is 3.91. The van der Waals surface area contributed by atoms with Crippen LogP contribution in [0.25, 0.3) is 0 Å². The van der Waals surface area contributed by atoms with E-state index in [9.17, 15) is 23.1 Å². The number of amides is 1. The largest absolute Gasteiger partial charge is 0.416 e. The van der Waals surface area contributed by atoms with E-state index in [1.165, 1.54) is 12.1 Å². The van der Waals surface area contributed by atoms with Crippen molar-refractivity contribution in [2.75, 3.05) is 18.4 Å². The number of likely N-dealkylation sites (tertiary alicyclic amines) is 1. The molecular weight excluding hydrogens is 297 g/mol. The number of hydrogen-bond donors (Lipinski definition) is 2. The number of nitrogens with one attached hydrogen (secondary N) is 1. The Bertz CT molecular complexity index is 509. The van der Waals surface area contributed by atoms with E-state index in [0.29, 0.717) is 31.6 Å². The summed E-state index contributed by atoms with van der Waals surface area (Å²) < 4.78 is 37.4. The number of aliphatic hydroxyl groups excluding tert-OH is 1. The van der Waals surface area contributed by atoms with E-state index in [-0.39, 0.29) is 12.0 Å².